The van der Waals surface area contributed by atoms with E-state index in [1.54, 1.807) is 28.8 Å². The Labute approximate surface area is 140 Å². The maximum atomic E-state index is 13.1. The van der Waals surface area contributed by atoms with Crippen molar-refractivity contribution in [2.45, 2.75) is 6.42 Å². The van der Waals surface area contributed by atoms with E-state index in [1.807, 2.05) is 12.1 Å². The van der Waals surface area contributed by atoms with Gasteiger partial charge >= 0.3 is 0 Å². The number of imidazole rings is 1. The molecule has 3 rings (SSSR count). The van der Waals surface area contributed by atoms with Crippen molar-refractivity contribution in [2.75, 3.05) is 6.54 Å². The zero-order valence-electron chi connectivity index (χ0n) is 11.6. The van der Waals surface area contributed by atoms with E-state index in [0.717, 1.165) is 9.26 Å². The van der Waals surface area contributed by atoms with Crippen molar-refractivity contribution in [3.63, 3.8) is 0 Å². The number of rotatable bonds is 4. The second-order valence-corrected chi connectivity index (χ2v) is 6.10. The Morgan fingerprint density at radius 2 is 1.95 bits per heavy atom. The number of carbonyl (C=O) groups is 1. The molecule has 0 aliphatic heterocycles. The first-order valence-corrected chi connectivity index (χ1v) is 7.86. The highest BCUT2D eigenvalue weighted by Gasteiger charge is 2.06. The van der Waals surface area contributed by atoms with E-state index in [2.05, 4.69) is 32.9 Å². The van der Waals surface area contributed by atoms with Crippen LogP contribution in [0, 0.1) is 9.39 Å². The molecular weight excluding hydrogens is 396 g/mol. The van der Waals surface area contributed by atoms with Crippen LogP contribution in [0.5, 0.6) is 0 Å². The van der Waals surface area contributed by atoms with E-state index in [9.17, 15) is 9.18 Å². The topological polar surface area (TPSA) is 46.4 Å². The second kappa shape index (κ2) is 6.43. The summed E-state index contributed by atoms with van der Waals surface area (Å²) < 4.78 is 15.8. The van der Waals surface area contributed by atoms with E-state index >= 15 is 0 Å². The zero-order valence-corrected chi connectivity index (χ0v) is 13.7. The molecule has 0 spiro atoms. The van der Waals surface area contributed by atoms with Crippen molar-refractivity contribution in [3.8, 4) is 0 Å². The highest BCUT2D eigenvalue weighted by atomic mass is 127. The van der Waals surface area contributed by atoms with Crippen LogP contribution >= 0.6 is 22.6 Å². The number of carbonyl (C=O) groups excluding carboxylic acids is 1. The van der Waals surface area contributed by atoms with Gasteiger partial charge in [-0.3, -0.25) is 4.79 Å². The van der Waals surface area contributed by atoms with E-state index in [-0.39, 0.29) is 11.7 Å². The summed E-state index contributed by atoms with van der Waals surface area (Å²) in [7, 11) is 0. The molecule has 0 saturated carbocycles. The molecule has 0 bridgehead atoms. The van der Waals surface area contributed by atoms with Crippen LogP contribution in [0.2, 0.25) is 0 Å². The number of amides is 1. The van der Waals surface area contributed by atoms with Crippen LogP contribution in [0.25, 0.3) is 5.65 Å². The first kappa shape index (κ1) is 15.0. The Kier molecular flexibility index (Phi) is 4.37. The number of nitrogens with zero attached hydrogens (tertiary/aromatic N) is 2. The smallest absolute Gasteiger partial charge is 0.251 e. The van der Waals surface area contributed by atoms with Gasteiger partial charge in [0.2, 0.25) is 0 Å². The van der Waals surface area contributed by atoms with E-state index < -0.39 is 0 Å². The lowest BCUT2D eigenvalue weighted by atomic mass is 10.2. The van der Waals surface area contributed by atoms with Crippen LogP contribution in [0.1, 0.15) is 16.1 Å². The Morgan fingerprint density at radius 1 is 1.18 bits per heavy atom. The molecule has 1 aromatic carbocycles. The van der Waals surface area contributed by atoms with Crippen molar-refractivity contribution >= 4 is 34.1 Å². The molecule has 6 heteroatoms. The Hall–Kier alpha value is -1.96. The van der Waals surface area contributed by atoms with Gasteiger partial charge in [0, 0.05) is 34.5 Å². The number of hydrogen-bond acceptors (Lipinski definition) is 2. The largest absolute Gasteiger partial charge is 0.352 e. The first-order chi connectivity index (χ1) is 10.6. The van der Waals surface area contributed by atoms with Crippen LogP contribution in [0.4, 0.5) is 4.39 Å². The molecular formula is C16H13FIN3O. The average Bonchev–Trinajstić information content (AvgIpc) is 2.89. The molecule has 3 aromatic rings. The van der Waals surface area contributed by atoms with Gasteiger partial charge < -0.3 is 9.72 Å². The molecule has 0 atom stereocenters. The summed E-state index contributed by atoms with van der Waals surface area (Å²) in [6.07, 6.45) is 3.75. The Bertz CT molecular complexity index is 814. The fourth-order valence-electron chi connectivity index (χ4n) is 2.15. The molecule has 112 valence electrons. The third-order valence-corrected chi connectivity index (χ3v) is 3.96. The molecule has 0 radical (unpaired) electrons. The SMILES string of the molecule is O=C(NCCc1cn2cc(F)ccc2n1)c1ccc(I)cc1. The third-order valence-electron chi connectivity index (χ3n) is 3.24. The van der Waals surface area contributed by atoms with Crippen molar-refractivity contribution < 1.29 is 9.18 Å². The summed E-state index contributed by atoms with van der Waals surface area (Å²) in [6.45, 7) is 0.483. The number of hydrogen-bond donors (Lipinski definition) is 1. The second-order valence-electron chi connectivity index (χ2n) is 4.86. The van der Waals surface area contributed by atoms with Gasteiger partial charge in [0.25, 0.3) is 5.91 Å². The highest BCUT2D eigenvalue weighted by Crippen LogP contribution is 2.08. The normalized spacial score (nSPS) is 10.8. The van der Waals surface area contributed by atoms with Gasteiger partial charge in [-0.05, 0) is 59.0 Å². The lowest BCUT2D eigenvalue weighted by Gasteiger charge is -2.04. The minimum atomic E-state index is -0.302. The molecule has 1 amide bonds. The van der Waals surface area contributed by atoms with Gasteiger partial charge in [0.1, 0.15) is 11.5 Å². The fraction of sp³-hybridized carbons (Fsp3) is 0.125. The standard InChI is InChI=1S/C16H13FIN3O/c17-12-3-6-15-20-14(10-21(15)9-12)7-8-19-16(22)11-1-4-13(18)5-2-11/h1-6,9-10H,7-8H2,(H,19,22). The number of halogens is 2. The van der Waals surface area contributed by atoms with Crippen molar-refractivity contribution in [3.05, 3.63) is 69.4 Å². The number of benzene rings is 1. The molecule has 0 saturated heterocycles. The van der Waals surface area contributed by atoms with Gasteiger partial charge in [0.05, 0.1) is 5.69 Å². The lowest BCUT2D eigenvalue weighted by Crippen LogP contribution is -2.25. The van der Waals surface area contributed by atoms with Crippen molar-refractivity contribution in [1.82, 2.24) is 14.7 Å². The summed E-state index contributed by atoms with van der Waals surface area (Å²) in [5.74, 6) is -0.408. The molecule has 0 aliphatic carbocycles. The molecule has 2 aromatic heterocycles. The maximum Gasteiger partial charge on any atom is 0.251 e. The van der Waals surface area contributed by atoms with Crippen LogP contribution in [0.15, 0.2) is 48.8 Å². The van der Waals surface area contributed by atoms with E-state index in [0.29, 0.717) is 24.2 Å². The van der Waals surface area contributed by atoms with Gasteiger partial charge in [-0.25, -0.2) is 9.37 Å². The highest BCUT2D eigenvalue weighted by molar-refractivity contribution is 14.1. The van der Waals surface area contributed by atoms with E-state index in [1.165, 1.54) is 12.3 Å². The van der Waals surface area contributed by atoms with Gasteiger partial charge in [0.15, 0.2) is 0 Å². The number of nitrogens with one attached hydrogen (secondary N) is 1. The quantitative estimate of drug-likeness (QED) is 0.674. The van der Waals surface area contributed by atoms with Crippen LogP contribution in [-0.4, -0.2) is 21.8 Å². The summed E-state index contributed by atoms with van der Waals surface area (Å²) >= 11 is 2.20. The minimum Gasteiger partial charge on any atom is -0.352 e. The summed E-state index contributed by atoms with van der Waals surface area (Å²) in [5, 5.41) is 2.86. The first-order valence-electron chi connectivity index (χ1n) is 6.79. The van der Waals surface area contributed by atoms with E-state index in [4.69, 9.17) is 0 Å². The summed E-state index contributed by atoms with van der Waals surface area (Å²) in [5.41, 5.74) is 2.14. The maximum absolute atomic E-state index is 13.1. The van der Waals surface area contributed by atoms with Gasteiger partial charge in [-0.1, -0.05) is 0 Å². The molecule has 4 nitrogen and oxygen atoms in total. The predicted molar refractivity (Wildman–Crippen MR) is 90.3 cm³/mol. The third kappa shape index (κ3) is 3.44. The van der Waals surface area contributed by atoms with Crippen molar-refractivity contribution in [2.24, 2.45) is 0 Å². The monoisotopic (exact) mass is 409 g/mol. The molecule has 1 N–H and O–H groups in total. The number of fused-ring (bicyclic) bond motifs is 1. The summed E-state index contributed by atoms with van der Waals surface area (Å²) in [4.78, 5) is 16.4. The number of pyridine rings is 1. The van der Waals surface area contributed by atoms with Crippen molar-refractivity contribution in [1.29, 1.82) is 0 Å². The minimum absolute atomic E-state index is 0.105. The molecule has 22 heavy (non-hydrogen) atoms. The Morgan fingerprint density at radius 3 is 2.73 bits per heavy atom. The molecule has 0 fully saturated rings. The zero-order chi connectivity index (χ0) is 15.5. The van der Waals surface area contributed by atoms with Crippen LogP contribution < -0.4 is 5.32 Å². The Balaban J connectivity index is 1.59. The fourth-order valence-corrected chi connectivity index (χ4v) is 2.50. The lowest BCUT2D eigenvalue weighted by molar-refractivity contribution is 0.0954. The molecule has 2 heterocycles. The molecule has 0 aliphatic rings. The van der Waals surface area contributed by atoms with Gasteiger partial charge in [-0.15, -0.1) is 0 Å². The average molecular weight is 409 g/mol. The van der Waals surface area contributed by atoms with Gasteiger partial charge in [-0.2, -0.15) is 0 Å². The summed E-state index contributed by atoms with van der Waals surface area (Å²) in [6, 6.07) is 10.4. The number of aromatic nitrogens is 2. The van der Waals surface area contributed by atoms with Crippen LogP contribution in [0.3, 0.4) is 0 Å². The predicted octanol–water partition coefficient (Wildman–Crippen LogP) is 3.05. The van der Waals surface area contributed by atoms with Crippen LogP contribution in [-0.2, 0) is 6.42 Å². The molecule has 0 unspecified atom stereocenters.